The second-order valence-electron chi connectivity index (χ2n) is 4.78. The van der Waals surface area contributed by atoms with Crippen LogP contribution in [0.15, 0.2) is 0 Å². The van der Waals surface area contributed by atoms with E-state index < -0.39 is 0 Å². The summed E-state index contributed by atoms with van der Waals surface area (Å²) in [5.74, 6) is 0.682. The van der Waals surface area contributed by atoms with Crippen LogP contribution in [-0.4, -0.2) is 18.0 Å². The molecule has 0 aliphatic carbocycles. The molecule has 90 valence electrons. The van der Waals surface area contributed by atoms with Gasteiger partial charge < -0.3 is 11.1 Å². The van der Waals surface area contributed by atoms with E-state index in [0.29, 0.717) is 5.92 Å². The summed E-state index contributed by atoms with van der Waals surface area (Å²) in [6.07, 6.45) is 3.89. The molecule has 0 aromatic rings. The number of hydrogen-bond donors (Lipinski definition) is 2. The molecule has 2 unspecified atom stereocenters. The number of amides is 1. The zero-order valence-electron chi connectivity index (χ0n) is 10.5. The lowest BCUT2D eigenvalue weighted by molar-refractivity contribution is -0.123. The minimum Gasteiger partial charge on any atom is -0.352 e. The zero-order valence-corrected chi connectivity index (χ0v) is 10.5. The Bertz CT molecular complexity index is 180. The van der Waals surface area contributed by atoms with Crippen molar-refractivity contribution in [3.8, 4) is 0 Å². The van der Waals surface area contributed by atoms with E-state index >= 15 is 0 Å². The molecule has 1 amide bonds. The van der Waals surface area contributed by atoms with Gasteiger partial charge in [-0.25, -0.2) is 0 Å². The van der Waals surface area contributed by atoms with Crippen molar-refractivity contribution >= 4 is 5.91 Å². The predicted octanol–water partition coefficient (Wildman–Crippen LogP) is 2.05. The fourth-order valence-corrected chi connectivity index (χ4v) is 1.45. The smallest absolute Gasteiger partial charge is 0.237 e. The van der Waals surface area contributed by atoms with E-state index in [-0.39, 0.29) is 18.0 Å². The van der Waals surface area contributed by atoms with Crippen LogP contribution in [0.2, 0.25) is 0 Å². The normalized spacial score (nSPS) is 15.1. The fraction of sp³-hybridized carbons (Fsp3) is 0.917. The molecule has 0 aromatic carbocycles. The van der Waals surface area contributed by atoms with Gasteiger partial charge in [0.05, 0.1) is 6.04 Å². The Hall–Kier alpha value is -0.570. The summed E-state index contributed by atoms with van der Waals surface area (Å²) < 4.78 is 0. The van der Waals surface area contributed by atoms with E-state index in [9.17, 15) is 4.79 Å². The molecule has 0 aromatic heterocycles. The Morgan fingerprint density at radius 2 is 1.80 bits per heavy atom. The quantitative estimate of drug-likeness (QED) is 0.681. The molecule has 2 atom stereocenters. The molecule has 0 bridgehead atoms. The highest BCUT2D eigenvalue weighted by Gasteiger charge is 2.14. The second-order valence-corrected chi connectivity index (χ2v) is 4.78. The first-order chi connectivity index (χ1) is 6.97. The van der Waals surface area contributed by atoms with Gasteiger partial charge in [-0.1, -0.05) is 27.2 Å². The topological polar surface area (TPSA) is 55.1 Å². The van der Waals surface area contributed by atoms with Crippen LogP contribution in [0.25, 0.3) is 0 Å². The maximum Gasteiger partial charge on any atom is 0.237 e. The van der Waals surface area contributed by atoms with Crippen LogP contribution in [0, 0.1) is 5.92 Å². The average Bonchev–Trinajstić information content (AvgIpc) is 2.15. The van der Waals surface area contributed by atoms with E-state index in [1.807, 2.05) is 13.8 Å². The van der Waals surface area contributed by atoms with Gasteiger partial charge in [-0.3, -0.25) is 4.79 Å². The van der Waals surface area contributed by atoms with Crippen LogP contribution in [0.4, 0.5) is 0 Å². The van der Waals surface area contributed by atoms with E-state index in [4.69, 9.17) is 5.73 Å². The lowest BCUT2D eigenvalue weighted by atomic mass is 10.0. The molecule has 0 aliphatic rings. The van der Waals surface area contributed by atoms with Gasteiger partial charge in [0, 0.05) is 6.04 Å². The molecule has 0 radical (unpaired) electrons. The molecule has 3 N–H and O–H groups in total. The van der Waals surface area contributed by atoms with Gasteiger partial charge >= 0.3 is 0 Å². The van der Waals surface area contributed by atoms with E-state index in [1.54, 1.807) is 0 Å². The number of rotatable bonds is 7. The summed E-state index contributed by atoms with van der Waals surface area (Å²) in [4.78, 5) is 11.6. The van der Waals surface area contributed by atoms with Crippen molar-refractivity contribution in [3.05, 3.63) is 0 Å². The molecule has 0 saturated carbocycles. The summed E-state index contributed by atoms with van der Waals surface area (Å²) in [5, 5.41) is 2.96. The van der Waals surface area contributed by atoms with Crippen molar-refractivity contribution in [2.75, 3.05) is 0 Å². The first-order valence-corrected chi connectivity index (χ1v) is 6.03. The number of carbonyl (C=O) groups excluding carboxylic acids is 1. The lowest BCUT2D eigenvalue weighted by Crippen LogP contribution is -2.44. The third kappa shape index (κ3) is 7.37. The molecular weight excluding hydrogens is 188 g/mol. The Kier molecular flexibility index (Phi) is 7.39. The molecule has 0 heterocycles. The molecule has 0 aliphatic heterocycles. The van der Waals surface area contributed by atoms with Gasteiger partial charge in [-0.05, 0) is 32.1 Å². The van der Waals surface area contributed by atoms with E-state index in [0.717, 1.165) is 25.7 Å². The van der Waals surface area contributed by atoms with Crippen molar-refractivity contribution in [1.82, 2.24) is 5.32 Å². The highest BCUT2D eigenvalue weighted by Crippen LogP contribution is 2.06. The summed E-state index contributed by atoms with van der Waals surface area (Å²) in [6.45, 7) is 8.46. The number of nitrogens with one attached hydrogen (secondary N) is 1. The average molecular weight is 214 g/mol. The molecule has 0 fully saturated rings. The summed E-state index contributed by atoms with van der Waals surface area (Å²) in [6, 6.07) is -0.0979. The van der Waals surface area contributed by atoms with Crippen LogP contribution in [0.5, 0.6) is 0 Å². The van der Waals surface area contributed by atoms with Crippen molar-refractivity contribution in [2.45, 2.75) is 65.5 Å². The van der Waals surface area contributed by atoms with Gasteiger partial charge in [0.2, 0.25) is 5.91 Å². The summed E-state index contributed by atoms with van der Waals surface area (Å²) in [7, 11) is 0. The SMILES string of the molecule is CCCC(N)C(=O)NC(C)CCC(C)C. The molecule has 15 heavy (non-hydrogen) atoms. The molecular formula is C12H26N2O. The fourth-order valence-electron chi connectivity index (χ4n) is 1.45. The predicted molar refractivity (Wildman–Crippen MR) is 64.6 cm³/mol. The Morgan fingerprint density at radius 1 is 1.20 bits per heavy atom. The highest BCUT2D eigenvalue weighted by atomic mass is 16.2. The minimum atomic E-state index is -0.337. The maximum atomic E-state index is 11.6. The largest absolute Gasteiger partial charge is 0.352 e. The third-order valence-electron chi connectivity index (χ3n) is 2.50. The Balaban J connectivity index is 3.75. The van der Waals surface area contributed by atoms with Crippen LogP contribution in [-0.2, 0) is 4.79 Å². The van der Waals surface area contributed by atoms with E-state index in [2.05, 4.69) is 19.2 Å². The van der Waals surface area contributed by atoms with Crippen LogP contribution in [0.3, 0.4) is 0 Å². The molecule has 0 rings (SSSR count). The monoisotopic (exact) mass is 214 g/mol. The van der Waals surface area contributed by atoms with Gasteiger partial charge in [0.15, 0.2) is 0 Å². The lowest BCUT2D eigenvalue weighted by Gasteiger charge is -2.17. The molecule has 3 nitrogen and oxygen atoms in total. The first kappa shape index (κ1) is 14.4. The minimum absolute atomic E-state index is 0.00638. The first-order valence-electron chi connectivity index (χ1n) is 6.03. The Morgan fingerprint density at radius 3 is 2.27 bits per heavy atom. The van der Waals surface area contributed by atoms with Gasteiger partial charge in [-0.2, -0.15) is 0 Å². The van der Waals surface area contributed by atoms with Gasteiger partial charge in [0.25, 0.3) is 0 Å². The highest BCUT2D eigenvalue weighted by molar-refractivity contribution is 5.81. The van der Waals surface area contributed by atoms with Crippen LogP contribution in [0.1, 0.15) is 53.4 Å². The van der Waals surface area contributed by atoms with Crippen molar-refractivity contribution < 1.29 is 4.79 Å². The second kappa shape index (κ2) is 7.69. The molecule has 0 spiro atoms. The van der Waals surface area contributed by atoms with E-state index in [1.165, 1.54) is 0 Å². The van der Waals surface area contributed by atoms with Crippen LogP contribution < -0.4 is 11.1 Å². The van der Waals surface area contributed by atoms with Gasteiger partial charge in [-0.15, -0.1) is 0 Å². The Labute approximate surface area is 93.8 Å². The molecule has 0 saturated heterocycles. The number of hydrogen-bond acceptors (Lipinski definition) is 2. The van der Waals surface area contributed by atoms with Crippen molar-refractivity contribution in [2.24, 2.45) is 11.7 Å². The number of nitrogens with two attached hydrogens (primary N) is 1. The molecule has 3 heteroatoms. The number of carbonyl (C=O) groups is 1. The third-order valence-corrected chi connectivity index (χ3v) is 2.50. The van der Waals surface area contributed by atoms with Crippen LogP contribution >= 0.6 is 0 Å². The van der Waals surface area contributed by atoms with Crippen molar-refractivity contribution in [3.63, 3.8) is 0 Å². The zero-order chi connectivity index (χ0) is 11.8. The van der Waals surface area contributed by atoms with Crippen molar-refractivity contribution in [1.29, 1.82) is 0 Å². The summed E-state index contributed by atoms with van der Waals surface area (Å²) in [5.41, 5.74) is 5.72. The summed E-state index contributed by atoms with van der Waals surface area (Å²) >= 11 is 0. The van der Waals surface area contributed by atoms with Gasteiger partial charge in [0.1, 0.15) is 0 Å². The maximum absolute atomic E-state index is 11.6. The standard InChI is InChI=1S/C12H26N2O/c1-5-6-11(13)12(15)14-10(4)8-7-9(2)3/h9-11H,5-8,13H2,1-4H3,(H,14,15).